The number of aliphatic hydroxyl groups is 11. The molecule has 8 rings (SSSR count). The molecule has 0 aromatic heterocycles. The minimum atomic E-state index is -1.92. The lowest BCUT2D eigenvalue weighted by Gasteiger charge is -2.71. The second-order valence-corrected chi connectivity index (χ2v) is 23.5. The molecule has 384 valence electrons. The fraction of sp³-hybridized carbons (Fsp3) is 0.938. The van der Waals surface area contributed by atoms with E-state index in [9.17, 15) is 66.1 Å². The number of hydrogen-bond donors (Lipinski definition) is 12. The van der Waals surface area contributed by atoms with E-state index in [2.05, 4.69) is 40.7 Å². The van der Waals surface area contributed by atoms with Gasteiger partial charge in [0.25, 0.3) is 0 Å². The number of allylic oxidation sites excluding steroid dienone is 1. The van der Waals surface area contributed by atoms with Gasteiger partial charge < -0.3 is 89.7 Å². The lowest BCUT2D eigenvalue weighted by molar-refractivity contribution is -0.399. The van der Waals surface area contributed by atoms with Crippen LogP contribution in [0, 0.1) is 50.2 Å². The lowest BCUT2D eigenvalue weighted by Crippen LogP contribution is -2.68. The van der Waals surface area contributed by atoms with E-state index in [-0.39, 0.29) is 28.1 Å². The highest BCUT2D eigenvalue weighted by molar-refractivity contribution is 5.77. The zero-order valence-corrected chi connectivity index (χ0v) is 39.8. The third kappa shape index (κ3) is 7.92. The number of fused-ring (bicyclic) bond motifs is 7. The SMILES string of the molecule is CC1(C)CC[C@]2(C(=O)O)CC[C@]3(C)C(=CC[C@@H]4[C@@]5(C)CC[C@H](O[C@@H]6O[C@H](CO)[C@@H](O)[C@H](O[C@@H]7O[C@H](CO)[C@@H](O)[C@H](O)[C@H]7O)[C@H]6O[C@@H]6O[C@H](CO)[C@@H](O)[C@H](O)[C@H]6O)C(C)(C)[C@@H]5CC[C@]43C)[C@@H]2[C@@H]1O. The molecule has 3 saturated heterocycles. The smallest absolute Gasteiger partial charge is 0.310 e. The summed E-state index contributed by atoms with van der Waals surface area (Å²) < 4.78 is 37.0. The lowest BCUT2D eigenvalue weighted by atomic mass is 9.33. The van der Waals surface area contributed by atoms with Gasteiger partial charge in [-0.25, -0.2) is 0 Å². The molecule has 19 heteroatoms. The molecule has 8 aliphatic rings. The van der Waals surface area contributed by atoms with Crippen LogP contribution in [0.1, 0.15) is 106 Å². The third-order valence-corrected chi connectivity index (χ3v) is 19.6. The van der Waals surface area contributed by atoms with Gasteiger partial charge in [-0.15, -0.1) is 0 Å². The molecule has 0 amide bonds. The molecule has 0 bridgehead atoms. The van der Waals surface area contributed by atoms with Crippen LogP contribution in [-0.2, 0) is 33.2 Å². The quantitative estimate of drug-likeness (QED) is 0.0986. The molecule has 3 aliphatic heterocycles. The van der Waals surface area contributed by atoms with Crippen molar-refractivity contribution in [3.05, 3.63) is 11.6 Å². The molecular formula is C48H78O19. The Hall–Kier alpha value is -1.47. The first-order valence-corrected chi connectivity index (χ1v) is 24.4. The predicted molar refractivity (Wildman–Crippen MR) is 232 cm³/mol. The summed E-state index contributed by atoms with van der Waals surface area (Å²) in [5, 5.41) is 130. The molecule has 0 spiro atoms. The molecular weight excluding hydrogens is 881 g/mol. The Morgan fingerprint density at radius 3 is 1.67 bits per heavy atom. The highest BCUT2D eigenvalue weighted by Gasteiger charge is 2.71. The Labute approximate surface area is 392 Å². The van der Waals surface area contributed by atoms with Crippen molar-refractivity contribution in [3.8, 4) is 0 Å². The number of carbonyl (C=O) groups is 1. The van der Waals surface area contributed by atoms with Gasteiger partial charge in [0.15, 0.2) is 18.9 Å². The van der Waals surface area contributed by atoms with Gasteiger partial charge in [-0.2, -0.15) is 0 Å². The summed E-state index contributed by atoms with van der Waals surface area (Å²) in [5.74, 6) is -1.05. The molecule has 4 saturated carbocycles. The van der Waals surface area contributed by atoms with E-state index >= 15 is 0 Å². The maximum Gasteiger partial charge on any atom is 0.310 e. The Balaban J connectivity index is 1.10. The Morgan fingerprint density at radius 1 is 0.597 bits per heavy atom. The van der Waals surface area contributed by atoms with E-state index in [0.29, 0.717) is 38.5 Å². The first kappa shape index (κ1) is 51.9. The van der Waals surface area contributed by atoms with Crippen molar-refractivity contribution < 1.29 is 94.5 Å². The van der Waals surface area contributed by atoms with Gasteiger partial charge in [0.05, 0.1) is 37.4 Å². The van der Waals surface area contributed by atoms with E-state index in [0.717, 1.165) is 24.8 Å². The zero-order chi connectivity index (χ0) is 49.1. The normalized spacial score (nSPS) is 53.9. The van der Waals surface area contributed by atoms with Crippen molar-refractivity contribution in [1.82, 2.24) is 0 Å². The number of carboxylic acids is 1. The van der Waals surface area contributed by atoms with Crippen molar-refractivity contribution in [3.63, 3.8) is 0 Å². The molecule has 0 radical (unpaired) electrons. The van der Waals surface area contributed by atoms with Gasteiger partial charge in [0.1, 0.15) is 73.2 Å². The summed E-state index contributed by atoms with van der Waals surface area (Å²) in [5.41, 5.74) is -1.75. The highest BCUT2D eigenvalue weighted by atomic mass is 16.8. The minimum Gasteiger partial charge on any atom is -0.481 e. The molecule has 0 aromatic rings. The average Bonchev–Trinajstić information content (AvgIpc) is 3.27. The van der Waals surface area contributed by atoms with Crippen molar-refractivity contribution in [2.75, 3.05) is 19.8 Å². The van der Waals surface area contributed by atoms with Gasteiger partial charge in [-0.05, 0) is 96.7 Å². The summed E-state index contributed by atoms with van der Waals surface area (Å²) in [6, 6.07) is 0. The Morgan fingerprint density at radius 2 is 1.12 bits per heavy atom. The van der Waals surface area contributed by atoms with Crippen LogP contribution in [0.5, 0.6) is 0 Å². The Bertz CT molecular complexity index is 1830. The number of rotatable bonds is 10. The highest BCUT2D eigenvalue weighted by Crippen LogP contribution is 2.76. The summed E-state index contributed by atoms with van der Waals surface area (Å²) in [6.07, 6.45) is -18.5. The number of aliphatic carboxylic acids is 1. The monoisotopic (exact) mass is 959 g/mol. The number of aliphatic hydroxyl groups excluding tert-OH is 11. The topological polar surface area (TPSA) is 315 Å². The molecule has 0 aromatic carbocycles. The second kappa shape index (κ2) is 18.2. The van der Waals surface area contributed by atoms with E-state index in [1.54, 1.807) is 0 Å². The molecule has 3 heterocycles. The van der Waals surface area contributed by atoms with Crippen LogP contribution in [0.3, 0.4) is 0 Å². The van der Waals surface area contributed by atoms with Gasteiger partial charge in [0, 0.05) is 5.92 Å². The molecule has 19 nitrogen and oxygen atoms in total. The molecule has 5 aliphatic carbocycles. The summed E-state index contributed by atoms with van der Waals surface area (Å²) in [6.45, 7) is 13.1. The molecule has 7 fully saturated rings. The van der Waals surface area contributed by atoms with Crippen molar-refractivity contribution >= 4 is 5.97 Å². The van der Waals surface area contributed by atoms with E-state index < -0.39 is 152 Å². The summed E-state index contributed by atoms with van der Waals surface area (Å²) >= 11 is 0. The van der Waals surface area contributed by atoms with Gasteiger partial charge in [0.2, 0.25) is 0 Å². The minimum absolute atomic E-state index is 0.0741. The van der Waals surface area contributed by atoms with E-state index in [1.807, 2.05) is 13.8 Å². The molecule has 12 N–H and O–H groups in total. The predicted octanol–water partition coefficient (Wildman–Crippen LogP) is -0.323. The second-order valence-electron chi connectivity index (χ2n) is 23.5. The standard InChI is InChI=1S/C48H78O19/c1-43(2)14-16-48(42(60)61)17-15-46(6)21(28(48)38(43)59)8-9-26-45(5)12-11-27(44(3,4)25(45)10-13-47(26,46)7)65-41-37(67-40-35(58)33(56)30(53)23(19-50)63-40)36(31(54)24(20-51)64-41)66-39-34(57)32(55)29(52)22(18-49)62-39/h8,22-41,49-59H,9-20H2,1-7H3,(H,60,61)/t22-,23-,24-,25+,26-,27+,28-,29-,30-,31-,32+,33+,34-,35-,36+,37-,38+,39+,40+,41+,45+,46-,47-,48+/m1/s1. The van der Waals surface area contributed by atoms with E-state index in [1.165, 1.54) is 0 Å². The largest absolute Gasteiger partial charge is 0.481 e. The van der Waals surface area contributed by atoms with Crippen LogP contribution in [0.25, 0.3) is 0 Å². The summed E-state index contributed by atoms with van der Waals surface area (Å²) in [7, 11) is 0. The zero-order valence-electron chi connectivity index (χ0n) is 39.8. The van der Waals surface area contributed by atoms with Crippen molar-refractivity contribution in [2.45, 2.75) is 211 Å². The van der Waals surface area contributed by atoms with E-state index in [4.69, 9.17) is 28.4 Å². The van der Waals surface area contributed by atoms with Gasteiger partial charge in [-0.3, -0.25) is 4.79 Å². The van der Waals surface area contributed by atoms with Gasteiger partial charge in [-0.1, -0.05) is 60.1 Å². The van der Waals surface area contributed by atoms with Crippen molar-refractivity contribution in [2.24, 2.45) is 50.2 Å². The third-order valence-electron chi connectivity index (χ3n) is 19.6. The van der Waals surface area contributed by atoms with Crippen LogP contribution in [0.2, 0.25) is 0 Å². The number of carboxylic acid groups (broad SMARTS) is 1. The summed E-state index contributed by atoms with van der Waals surface area (Å²) in [4.78, 5) is 13.2. The van der Waals surface area contributed by atoms with Crippen LogP contribution in [0.4, 0.5) is 0 Å². The number of ether oxygens (including phenoxy) is 6. The molecule has 24 atom stereocenters. The van der Waals surface area contributed by atoms with Crippen LogP contribution < -0.4 is 0 Å². The van der Waals surface area contributed by atoms with Gasteiger partial charge >= 0.3 is 5.97 Å². The van der Waals surface area contributed by atoms with Crippen molar-refractivity contribution in [1.29, 1.82) is 0 Å². The average molecular weight is 959 g/mol. The fourth-order valence-corrected chi connectivity index (χ4v) is 15.1. The maximum atomic E-state index is 13.2. The first-order valence-electron chi connectivity index (χ1n) is 24.4. The number of hydrogen-bond acceptors (Lipinski definition) is 18. The fourth-order valence-electron chi connectivity index (χ4n) is 15.1. The molecule has 67 heavy (non-hydrogen) atoms. The first-order chi connectivity index (χ1) is 31.3. The Kier molecular flexibility index (Phi) is 14.1. The maximum absolute atomic E-state index is 13.2. The molecule has 0 unspecified atom stereocenters. The van der Waals surface area contributed by atoms with Crippen LogP contribution in [-0.4, -0.2) is 191 Å². The van der Waals surface area contributed by atoms with Crippen LogP contribution >= 0.6 is 0 Å². The van der Waals surface area contributed by atoms with Crippen LogP contribution in [0.15, 0.2) is 11.6 Å².